The molecule has 0 saturated heterocycles. The summed E-state index contributed by atoms with van der Waals surface area (Å²) in [6.07, 6.45) is 0. The average molecular weight is 191 g/mol. The Morgan fingerprint density at radius 1 is 1.29 bits per heavy atom. The molecule has 0 aliphatic carbocycles. The van der Waals surface area contributed by atoms with Gasteiger partial charge in [-0.1, -0.05) is 6.07 Å². The number of nitrogens with zero attached hydrogens (tertiary/aromatic N) is 1. The maximum Gasteiger partial charge on any atom is 0.172 e. The van der Waals surface area contributed by atoms with Crippen molar-refractivity contribution in [2.24, 2.45) is 0 Å². The first-order valence-electron chi connectivity index (χ1n) is 4.25. The van der Waals surface area contributed by atoms with Gasteiger partial charge in [-0.3, -0.25) is 0 Å². The van der Waals surface area contributed by atoms with E-state index >= 15 is 0 Å². The molecule has 0 spiro atoms. The molecular formula is C10H10FN3. The van der Waals surface area contributed by atoms with Gasteiger partial charge in [-0.05, 0) is 18.2 Å². The van der Waals surface area contributed by atoms with Gasteiger partial charge in [0.25, 0.3) is 0 Å². The molecule has 0 amide bonds. The van der Waals surface area contributed by atoms with Crippen molar-refractivity contribution in [1.29, 1.82) is 0 Å². The van der Waals surface area contributed by atoms with Crippen LogP contribution in [0.15, 0.2) is 24.3 Å². The molecule has 0 saturated carbocycles. The standard InChI is InChI=1S/C10H10FN3/c1-13-7-4-2-6-3-5-8(12)14-10(6)9(7)11/h2-5,13H,1H3,(H2,12,14). The zero-order valence-corrected chi connectivity index (χ0v) is 7.71. The fraction of sp³-hybridized carbons (Fsp3) is 0.100. The van der Waals surface area contributed by atoms with Crippen molar-refractivity contribution in [3.63, 3.8) is 0 Å². The molecule has 0 aliphatic heterocycles. The summed E-state index contributed by atoms with van der Waals surface area (Å²) in [5.74, 6) is -0.0399. The van der Waals surface area contributed by atoms with Gasteiger partial charge in [-0.2, -0.15) is 0 Å². The van der Waals surface area contributed by atoms with Gasteiger partial charge < -0.3 is 11.1 Å². The second-order valence-electron chi connectivity index (χ2n) is 2.98. The van der Waals surface area contributed by atoms with Gasteiger partial charge in [0.1, 0.15) is 11.3 Å². The number of fused-ring (bicyclic) bond motifs is 1. The number of benzene rings is 1. The van der Waals surface area contributed by atoms with Gasteiger partial charge in [0, 0.05) is 12.4 Å². The Bertz CT molecular complexity index is 482. The summed E-state index contributed by atoms with van der Waals surface area (Å²) in [4.78, 5) is 3.95. The van der Waals surface area contributed by atoms with Crippen LogP contribution in [0, 0.1) is 5.82 Å². The molecule has 1 aromatic heterocycles. The van der Waals surface area contributed by atoms with Gasteiger partial charge in [-0.25, -0.2) is 9.37 Å². The third-order valence-electron chi connectivity index (χ3n) is 2.09. The number of nitrogen functional groups attached to an aromatic ring is 1. The zero-order chi connectivity index (χ0) is 10.1. The van der Waals surface area contributed by atoms with Crippen LogP contribution >= 0.6 is 0 Å². The van der Waals surface area contributed by atoms with Gasteiger partial charge in [-0.15, -0.1) is 0 Å². The predicted octanol–water partition coefficient (Wildman–Crippen LogP) is 2.00. The minimum absolute atomic E-state index is 0.303. The third kappa shape index (κ3) is 1.25. The fourth-order valence-electron chi connectivity index (χ4n) is 1.36. The maximum atomic E-state index is 13.7. The number of nitrogens with two attached hydrogens (primary N) is 1. The van der Waals surface area contributed by atoms with E-state index < -0.39 is 0 Å². The van der Waals surface area contributed by atoms with E-state index in [9.17, 15) is 4.39 Å². The predicted molar refractivity (Wildman–Crippen MR) is 55.7 cm³/mol. The first-order valence-corrected chi connectivity index (χ1v) is 4.25. The number of hydrogen-bond donors (Lipinski definition) is 2. The van der Waals surface area contributed by atoms with E-state index in [-0.39, 0.29) is 5.82 Å². The van der Waals surface area contributed by atoms with Crippen molar-refractivity contribution in [2.75, 3.05) is 18.1 Å². The van der Waals surface area contributed by atoms with Crippen LogP contribution in [-0.2, 0) is 0 Å². The van der Waals surface area contributed by atoms with E-state index in [0.717, 1.165) is 5.39 Å². The molecular weight excluding hydrogens is 181 g/mol. The highest BCUT2D eigenvalue weighted by Gasteiger charge is 2.07. The molecule has 2 rings (SSSR count). The Morgan fingerprint density at radius 3 is 2.71 bits per heavy atom. The molecule has 2 aromatic rings. The highest BCUT2D eigenvalue weighted by atomic mass is 19.1. The van der Waals surface area contributed by atoms with Crippen LogP contribution in [0.4, 0.5) is 15.9 Å². The summed E-state index contributed by atoms with van der Waals surface area (Å²) in [5.41, 5.74) is 6.22. The van der Waals surface area contributed by atoms with Crippen LogP contribution in [0.5, 0.6) is 0 Å². The highest BCUT2D eigenvalue weighted by Crippen LogP contribution is 2.23. The van der Waals surface area contributed by atoms with Crippen LogP contribution < -0.4 is 11.1 Å². The number of halogens is 1. The van der Waals surface area contributed by atoms with Crippen molar-refractivity contribution in [2.45, 2.75) is 0 Å². The van der Waals surface area contributed by atoms with Gasteiger partial charge in [0.05, 0.1) is 5.69 Å². The van der Waals surface area contributed by atoms with E-state index in [1.807, 2.05) is 0 Å². The van der Waals surface area contributed by atoms with E-state index in [1.54, 1.807) is 31.3 Å². The monoisotopic (exact) mass is 191 g/mol. The van der Waals surface area contributed by atoms with Crippen molar-refractivity contribution < 1.29 is 4.39 Å². The molecule has 3 N–H and O–H groups in total. The summed E-state index contributed by atoms with van der Waals surface area (Å²) < 4.78 is 13.7. The molecule has 4 heteroatoms. The minimum Gasteiger partial charge on any atom is -0.386 e. The van der Waals surface area contributed by atoms with E-state index in [4.69, 9.17) is 5.73 Å². The van der Waals surface area contributed by atoms with Crippen molar-refractivity contribution in [3.05, 3.63) is 30.1 Å². The van der Waals surface area contributed by atoms with Gasteiger partial charge in [0.15, 0.2) is 5.82 Å². The first kappa shape index (κ1) is 8.74. The Balaban J connectivity index is 2.79. The largest absolute Gasteiger partial charge is 0.386 e. The quantitative estimate of drug-likeness (QED) is 0.724. The Kier molecular flexibility index (Phi) is 1.96. The lowest BCUT2D eigenvalue weighted by atomic mass is 10.2. The molecule has 0 aliphatic rings. The average Bonchev–Trinajstić information content (AvgIpc) is 2.20. The lowest BCUT2D eigenvalue weighted by Crippen LogP contribution is -1.96. The Morgan fingerprint density at radius 2 is 2.00 bits per heavy atom. The molecule has 0 unspecified atom stereocenters. The van der Waals surface area contributed by atoms with Gasteiger partial charge >= 0.3 is 0 Å². The van der Waals surface area contributed by atoms with Crippen molar-refractivity contribution in [1.82, 2.24) is 4.98 Å². The minimum atomic E-state index is -0.364. The third-order valence-corrected chi connectivity index (χ3v) is 2.09. The summed E-state index contributed by atoms with van der Waals surface area (Å²) in [7, 11) is 1.66. The molecule has 0 fully saturated rings. The van der Waals surface area contributed by atoms with E-state index in [2.05, 4.69) is 10.3 Å². The Labute approximate surface area is 80.8 Å². The van der Waals surface area contributed by atoms with Crippen LogP contribution in [0.1, 0.15) is 0 Å². The highest BCUT2D eigenvalue weighted by molar-refractivity contribution is 5.84. The lowest BCUT2D eigenvalue weighted by molar-refractivity contribution is 0.640. The smallest absolute Gasteiger partial charge is 0.172 e. The number of hydrogen-bond acceptors (Lipinski definition) is 3. The van der Waals surface area contributed by atoms with Gasteiger partial charge in [0.2, 0.25) is 0 Å². The number of pyridine rings is 1. The topological polar surface area (TPSA) is 50.9 Å². The normalized spacial score (nSPS) is 10.4. The molecule has 72 valence electrons. The molecule has 1 heterocycles. The van der Waals surface area contributed by atoms with Crippen LogP contribution in [0.2, 0.25) is 0 Å². The van der Waals surface area contributed by atoms with Crippen molar-refractivity contribution in [3.8, 4) is 0 Å². The zero-order valence-electron chi connectivity index (χ0n) is 7.71. The molecule has 0 radical (unpaired) electrons. The number of rotatable bonds is 1. The summed E-state index contributed by atoms with van der Waals surface area (Å²) >= 11 is 0. The summed E-state index contributed by atoms with van der Waals surface area (Å²) in [5, 5.41) is 3.50. The fourth-order valence-corrected chi connectivity index (χ4v) is 1.36. The number of nitrogens with one attached hydrogen (secondary N) is 1. The first-order chi connectivity index (χ1) is 6.72. The van der Waals surface area contributed by atoms with E-state index in [1.165, 1.54) is 0 Å². The van der Waals surface area contributed by atoms with Crippen molar-refractivity contribution >= 4 is 22.4 Å². The summed E-state index contributed by atoms with van der Waals surface area (Å²) in [6.45, 7) is 0. The molecule has 1 aromatic carbocycles. The number of anilines is 2. The summed E-state index contributed by atoms with van der Waals surface area (Å²) in [6, 6.07) is 6.88. The lowest BCUT2D eigenvalue weighted by Gasteiger charge is -2.05. The second kappa shape index (κ2) is 3.14. The number of aromatic nitrogens is 1. The van der Waals surface area contributed by atoms with Crippen LogP contribution in [0.25, 0.3) is 10.9 Å². The molecule has 14 heavy (non-hydrogen) atoms. The van der Waals surface area contributed by atoms with E-state index in [0.29, 0.717) is 17.0 Å². The molecule has 0 atom stereocenters. The van der Waals surface area contributed by atoms with Crippen LogP contribution in [0.3, 0.4) is 0 Å². The Hall–Kier alpha value is -1.84. The maximum absolute atomic E-state index is 13.7. The molecule has 3 nitrogen and oxygen atoms in total. The second-order valence-corrected chi connectivity index (χ2v) is 2.98. The molecule has 0 bridgehead atoms. The SMILES string of the molecule is CNc1ccc2ccc(N)nc2c1F. The van der Waals surface area contributed by atoms with Crippen LogP contribution in [-0.4, -0.2) is 12.0 Å².